The van der Waals surface area contributed by atoms with Gasteiger partial charge in [-0.25, -0.2) is 8.42 Å². The van der Waals surface area contributed by atoms with Gasteiger partial charge < -0.3 is 10.1 Å². The van der Waals surface area contributed by atoms with Crippen molar-refractivity contribution in [2.45, 2.75) is 25.2 Å². The van der Waals surface area contributed by atoms with Gasteiger partial charge in [-0.1, -0.05) is 12.1 Å². The summed E-state index contributed by atoms with van der Waals surface area (Å²) >= 11 is 0. The highest BCUT2D eigenvalue weighted by Crippen LogP contribution is 2.21. The number of carbonyl (C=O) groups is 1. The van der Waals surface area contributed by atoms with Crippen molar-refractivity contribution in [3.8, 4) is 5.75 Å². The molecule has 0 unspecified atom stereocenters. The van der Waals surface area contributed by atoms with E-state index >= 15 is 0 Å². The van der Waals surface area contributed by atoms with Crippen LogP contribution in [-0.2, 0) is 21.1 Å². The molecule has 0 saturated heterocycles. The van der Waals surface area contributed by atoms with Gasteiger partial charge in [0.25, 0.3) is 0 Å². The fourth-order valence-electron chi connectivity index (χ4n) is 2.36. The molecule has 0 saturated carbocycles. The fourth-order valence-corrected chi connectivity index (χ4v) is 3.07. The molecule has 1 amide bonds. The van der Waals surface area contributed by atoms with Crippen LogP contribution in [0, 0.1) is 13.8 Å². The number of hydrogen-bond acceptors (Lipinski definition) is 4. The van der Waals surface area contributed by atoms with Crippen LogP contribution < -0.4 is 10.1 Å². The van der Waals surface area contributed by atoms with Gasteiger partial charge >= 0.3 is 0 Å². The van der Waals surface area contributed by atoms with Gasteiger partial charge in [0.15, 0.2) is 9.84 Å². The lowest BCUT2D eigenvalue weighted by molar-refractivity contribution is -0.115. The van der Waals surface area contributed by atoms with Gasteiger partial charge in [-0.3, -0.25) is 4.79 Å². The molecule has 0 atom stereocenters. The van der Waals surface area contributed by atoms with Crippen molar-refractivity contribution in [2.75, 3.05) is 18.7 Å². The van der Waals surface area contributed by atoms with Crippen LogP contribution >= 0.6 is 0 Å². The second kappa shape index (κ2) is 7.05. The number of rotatable bonds is 5. The molecule has 0 aliphatic rings. The van der Waals surface area contributed by atoms with E-state index in [0.717, 1.165) is 23.1 Å². The zero-order valence-electron chi connectivity index (χ0n) is 14.2. The van der Waals surface area contributed by atoms with Crippen LogP contribution in [0.25, 0.3) is 0 Å². The van der Waals surface area contributed by atoms with Crippen LogP contribution in [0.3, 0.4) is 0 Å². The first-order chi connectivity index (χ1) is 11.2. The molecule has 2 aromatic rings. The van der Waals surface area contributed by atoms with E-state index in [1.807, 2.05) is 25.1 Å². The third-order valence-corrected chi connectivity index (χ3v) is 4.85. The predicted octanol–water partition coefficient (Wildman–Crippen LogP) is 2.90. The van der Waals surface area contributed by atoms with E-state index in [4.69, 9.17) is 4.74 Å². The number of hydrogen-bond donors (Lipinski definition) is 1. The number of aryl methyl sites for hydroxylation is 2. The molecule has 0 heterocycles. The van der Waals surface area contributed by atoms with E-state index in [1.165, 1.54) is 6.07 Å². The van der Waals surface area contributed by atoms with Crippen molar-refractivity contribution >= 4 is 21.4 Å². The Kier molecular flexibility index (Phi) is 5.29. The van der Waals surface area contributed by atoms with Gasteiger partial charge in [-0.05, 0) is 54.8 Å². The van der Waals surface area contributed by atoms with Crippen molar-refractivity contribution in [1.82, 2.24) is 0 Å². The Morgan fingerprint density at radius 3 is 2.38 bits per heavy atom. The summed E-state index contributed by atoms with van der Waals surface area (Å²) < 4.78 is 28.4. The molecule has 0 bridgehead atoms. The molecule has 2 rings (SSSR count). The lowest BCUT2D eigenvalue weighted by Crippen LogP contribution is -2.15. The molecule has 0 aliphatic heterocycles. The summed E-state index contributed by atoms with van der Waals surface area (Å²) in [6.07, 6.45) is 1.37. The van der Waals surface area contributed by atoms with Gasteiger partial charge in [0.05, 0.1) is 18.4 Å². The highest BCUT2D eigenvalue weighted by Gasteiger charge is 2.11. The minimum Gasteiger partial charge on any atom is -0.496 e. The van der Waals surface area contributed by atoms with E-state index < -0.39 is 9.84 Å². The van der Waals surface area contributed by atoms with Crippen LogP contribution in [0.2, 0.25) is 0 Å². The van der Waals surface area contributed by atoms with E-state index in [9.17, 15) is 13.2 Å². The first-order valence-electron chi connectivity index (χ1n) is 7.45. The summed E-state index contributed by atoms with van der Waals surface area (Å²) in [5, 5.41) is 2.81. The summed E-state index contributed by atoms with van der Waals surface area (Å²) in [4.78, 5) is 12.5. The molecule has 0 spiro atoms. The van der Waals surface area contributed by atoms with Crippen LogP contribution in [-0.4, -0.2) is 27.7 Å². The number of anilines is 1. The van der Waals surface area contributed by atoms with Gasteiger partial charge in [0.1, 0.15) is 5.75 Å². The Morgan fingerprint density at radius 1 is 1.08 bits per heavy atom. The molecule has 2 aromatic carbocycles. The zero-order chi connectivity index (χ0) is 17.9. The van der Waals surface area contributed by atoms with Crippen LogP contribution in [0.5, 0.6) is 5.75 Å². The number of carbonyl (C=O) groups excluding carboxylic acids is 1. The molecular formula is C18H21NO4S. The third-order valence-electron chi connectivity index (χ3n) is 3.74. The van der Waals surface area contributed by atoms with Crippen molar-refractivity contribution in [3.05, 3.63) is 53.1 Å². The Hall–Kier alpha value is -2.34. The maximum Gasteiger partial charge on any atom is 0.228 e. The minimum absolute atomic E-state index is 0.170. The minimum atomic E-state index is -3.26. The molecule has 1 N–H and O–H groups in total. The van der Waals surface area contributed by atoms with Gasteiger partial charge in [-0.15, -0.1) is 0 Å². The number of methoxy groups -OCH3 is 1. The first-order valence-corrected chi connectivity index (χ1v) is 9.34. The van der Waals surface area contributed by atoms with Crippen LogP contribution in [0.1, 0.15) is 16.7 Å². The molecular weight excluding hydrogens is 326 g/mol. The van der Waals surface area contributed by atoms with E-state index in [0.29, 0.717) is 11.3 Å². The zero-order valence-corrected chi connectivity index (χ0v) is 15.0. The second-order valence-corrected chi connectivity index (χ2v) is 7.79. The summed E-state index contributed by atoms with van der Waals surface area (Å²) in [5.41, 5.74) is 3.16. The number of ether oxygens (including phenoxy) is 1. The fraction of sp³-hybridized carbons (Fsp3) is 0.278. The maximum absolute atomic E-state index is 12.2. The van der Waals surface area contributed by atoms with E-state index in [2.05, 4.69) is 5.32 Å². The van der Waals surface area contributed by atoms with E-state index in [-0.39, 0.29) is 17.2 Å². The monoisotopic (exact) mass is 347 g/mol. The average Bonchev–Trinajstić information content (AvgIpc) is 2.50. The maximum atomic E-state index is 12.2. The van der Waals surface area contributed by atoms with Crippen molar-refractivity contribution in [1.29, 1.82) is 0 Å². The number of amides is 1. The summed E-state index contributed by atoms with van der Waals surface area (Å²) in [6.45, 7) is 3.70. The predicted molar refractivity (Wildman–Crippen MR) is 94.4 cm³/mol. The molecule has 6 heteroatoms. The van der Waals surface area contributed by atoms with Crippen molar-refractivity contribution in [3.63, 3.8) is 0 Å². The summed E-state index contributed by atoms with van der Waals surface area (Å²) in [6, 6.07) is 10.3. The van der Waals surface area contributed by atoms with Crippen LogP contribution in [0.15, 0.2) is 41.3 Å². The van der Waals surface area contributed by atoms with Gasteiger partial charge in [0.2, 0.25) is 5.91 Å². The number of nitrogens with one attached hydrogen (secondary N) is 1. The first kappa shape index (κ1) is 18.0. The molecule has 0 aliphatic carbocycles. The highest BCUT2D eigenvalue weighted by molar-refractivity contribution is 7.90. The van der Waals surface area contributed by atoms with Gasteiger partial charge in [0, 0.05) is 11.9 Å². The van der Waals surface area contributed by atoms with Crippen molar-refractivity contribution in [2.24, 2.45) is 0 Å². The Bertz CT molecular complexity index is 873. The largest absolute Gasteiger partial charge is 0.496 e. The SMILES string of the molecule is COc1cc(CC(=O)Nc2ccc(S(C)(=O)=O)cc2C)ccc1C. The Labute approximate surface area is 142 Å². The summed E-state index contributed by atoms with van der Waals surface area (Å²) in [7, 11) is -1.66. The normalized spacial score (nSPS) is 11.2. The Morgan fingerprint density at radius 2 is 1.79 bits per heavy atom. The second-order valence-electron chi connectivity index (χ2n) is 5.78. The number of benzene rings is 2. The molecule has 5 nitrogen and oxygen atoms in total. The molecule has 24 heavy (non-hydrogen) atoms. The average molecular weight is 347 g/mol. The van der Waals surface area contributed by atoms with Gasteiger partial charge in [-0.2, -0.15) is 0 Å². The Balaban J connectivity index is 2.13. The molecule has 0 aromatic heterocycles. The van der Waals surface area contributed by atoms with Crippen molar-refractivity contribution < 1.29 is 17.9 Å². The van der Waals surface area contributed by atoms with Crippen LogP contribution in [0.4, 0.5) is 5.69 Å². The summed E-state index contributed by atoms with van der Waals surface area (Å²) in [5.74, 6) is 0.574. The third kappa shape index (κ3) is 4.35. The molecule has 0 fully saturated rings. The quantitative estimate of drug-likeness (QED) is 0.903. The lowest BCUT2D eigenvalue weighted by atomic mass is 10.1. The molecule has 0 radical (unpaired) electrons. The van der Waals surface area contributed by atoms with E-state index in [1.54, 1.807) is 26.2 Å². The lowest BCUT2D eigenvalue weighted by Gasteiger charge is -2.11. The smallest absolute Gasteiger partial charge is 0.228 e. The standard InChI is InChI=1S/C18H21NO4S/c1-12-5-6-14(10-17(12)23-3)11-18(20)19-16-8-7-15(9-13(16)2)24(4,21)22/h5-10H,11H2,1-4H3,(H,19,20). The number of sulfone groups is 1. The topological polar surface area (TPSA) is 72.5 Å². The molecule has 128 valence electrons. The highest BCUT2D eigenvalue weighted by atomic mass is 32.2.